The SMILES string of the molecule is CC(C)n1cc(C2(O)CCCN(c3cccc(F)c3C#N)C2)nn1. The minimum Gasteiger partial charge on any atom is -0.382 e. The molecule has 1 aliphatic heterocycles. The highest BCUT2D eigenvalue weighted by atomic mass is 19.1. The van der Waals surface area contributed by atoms with Crippen molar-refractivity contribution < 1.29 is 9.50 Å². The number of benzene rings is 1. The quantitative estimate of drug-likeness (QED) is 0.935. The molecule has 1 fully saturated rings. The van der Waals surface area contributed by atoms with E-state index in [2.05, 4.69) is 10.3 Å². The molecular formula is C17H20FN5O. The largest absolute Gasteiger partial charge is 0.382 e. The van der Waals surface area contributed by atoms with Gasteiger partial charge >= 0.3 is 0 Å². The van der Waals surface area contributed by atoms with Crippen LogP contribution in [0.1, 0.15) is 44.0 Å². The van der Waals surface area contributed by atoms with Crippen molar-refractivity contribution >= 4 is 5.69 Å². The van der Waals surface area contributed by atoms with Crippen LogP contribution in [0.2, 0.25) is 0 Å². The molecule has 2 heterocycles. The monoisotopic (exact) mass is 329 g/mol. The summed E-state index contributed by atoms with van der Waals surface area (Å²) in [6, 6.07) is 6.63. The number of piperidine rings is 1. The van der Waals surface area contributed by atoms with Crippen molar-refractivity contribution in [3.8, 4) is 6.07 Å². The maximum Gasteiger partial charge on any atom is 0.143 e. The molecule has 1 atom stereocenters. The molecule has 0 bridgehead atoms. The van der Waals surface area contributed by atoms with Crippen molar-refractivity contribution in [1.82, 2.24) is 15.0 Å². The summed E-state index contributed by atoms with van der Waals surface area (Å²) >= 11 is 0. The molecule has 1 N–H and O–H groups in total. The molecule has 1 saturated heterocycles. The summed E-state index contributed by atoms with van der Waals surface area (Å²) in [5.41, 5.74) is -0.139. The van der Waals surface area contributed by atoms with Gasteiger partial charge < -0.3 is 10.0 Å². The Morgan fingerprint density at radius 1 is 1.42 bits per heavy atom. The molecule has 0 amide bonds. The number of β-amino-alcohol motifs (C(OH)–C–C–N with tert-alkyl or cyclic N) is 1. The zero-order valence-corrected chi connectivity index (χ0v) is 13.8. The first-order valence-electron chi connectivity index (χ1n) is 8.03. The van der Waals surface area contributed by atoms with Crippen molar-refractivity contribution in [2.75, 3.05) is 18.0 Å². The van der Waals surface area contributed by atoms with Crippen LogP contribution in [0.4, 0.5) is 10.1 Å². The van der Waals surface area contributed by atoms with Crippen LogP contribution in [-0.2, 0) is 5.60 Å². The van der Waals surface area contributed by atoms with Gasteiger partial charge in [-0.15, -0.1) is 5.10 Å². The molecule has 7 heteroatoms. The number of nitriles is 1. The van der Waals surface area contributed by atoms with Gasteiger partial charge in [-0.05, 0) is 38.8 Å². The Hall–Kier alpha value is -2.46. The van der Waals surface area contributed by atoms with Crippen molar-refractivity contribution in [2.24, 2.45) is 0 Å². The molecule has 3 rings (SSSR count). The van der Waals surface area contributed by atoms with Crippen LogP contribution in [0.15, 0.2) is 24.4 Å². The Morgan fingerprint density at radius 2 is 2.21 bits per heavy atom. The number of nitrogens with zero attached hydrogens (tertiary/aromatic N) is 5. The van der Waals surface area contributed by atoms with Gasteiger partial charge in [0.1, 0.15) is 28.7 Å². The fourth-order valence-electron chi connectivity index (χ4n) is 3.08. The lowest BCUT2D eigenvalue weighted by Crippen LogP contribution is -2.46. The summed E-state index contributed by atoms with van der Waals surface area (Å²) in [4.78, 5) is 1.85. The molecule has 1 aromatic heterocycles. The van der Waals surface area contributed by atoms with Crippen LogP contribution >= 0.6 is 0 Å². The zero-order chi connectivity index (χ0) is 17.3. The van der Waals surface area contributed by atoms with Crippen molar-refractivity contribution in [2.45, 2.75) is 38.3 Å². The standard InChI is InChI=1S/C17H20FN5O/c1-12(2)23-10-16(20-21-23)17(24)7-4-8-22(11-17)15-6-3-5-14(18)13(15)9-19/h3,5-6,10,12,24H,4,7-8,11H2,1-2H3. The van der Waals surface area contributed by atoms with Gasteiger partial charge in [0.05, 0.1) is 18.4 Å². The average molecular weight is 329 g/mol. The predicted octanol–water partition coefficient (Wildman–Crippen LogP) is 2.36. The van der Waals surface area contributed by atoms with Gasteiger partial charge in [0.15, 0.2) is 0 Å². The van der Waals surface area contributed by atoms with E-state index >= 15 is 0 Å². The van der Waals surface area contributed by atoms with E-state index in [0.29, 0.717) is 30.8 Å². The highest BCUT2D eigenvalue weighted by molar-refractivity contribution is 5.60. The van der Waals surface area contributed by atoms with E-state index in [9.17, 15) is 14.8 Å². The van der Waals surface area contributed by atoms with E-state index in [1.807, 2.05) is 24.8 Å². The maximum absolute atomic E-state index is 13.9. The van der Waals surface area contributed by atoms with Crippen LogP contribution < -0.4 is 4.90 Å². The van der Waals surface area contributed by atoms with E-state index < -0.39 is 11.4 Å². The molecule has 6 nitrogen and oxygen atoms in total. The minimum absolute atomic E-state index is 0.00702. The first-order valence-corrected chi connectivity index (χ1v) is 8.03. The number of aromatic nitrogens is 3. The summed E-state index contributed by atoms with van der Waals surface area (Å²) in [5.74, 6) is -0.546. The Balaban J connectivity index is 1.91. The summed E-state index contributed by atoms with van der Waals surface area (Å²) in [5, 5.41) is 28.5. The summed E-state index contributed by atoms with van der Waals surface area (Å²) in [7, 11) is 0. The van der Waals surface area contributed by atoms with Gasteiger partial charge in [-0.25, -0.2) is 9.07 Å². The Bertz CT molecular complexity index is 782. The number of aliphatic hydroxyl groups is 1. The van der Waals surface area contributed by atoms with E-state index in [0.717, 1.165) is 0 Å². The van der Waals surface area contributed by atoms with Crippen molar-refractivity contribution in [1.29, 1.82) is 5.26 Å². The summed E-state index contributed by atoms with van der Waals surface area (Å²) in [6.45, 7) is 4.88. The van der Waals surface area contributed by atoms with E-state index in [1.54, 1.807) is 23.0 Å². The first-order chi connectivity index (χ1) is 11.4. The number of rotatable bonds is 3. The van der Waals surface area contributed by atoms with Crippen LogP contribution in [0.5, 0.6) is 0 Å². The third-order valence-corrected chi connectivity index (χ3v) is 4.43. The minimum atomic E-state index is -1.16. The van der Waals surface area contributed by atoms with Gasteiger partial charge in [0.25, 0.3) is 0 Å². The third kappa shape index (κ3) is 2.85. The summed E-state index contributed by atoms with van der Waals surface area (Å²) in [6.07, 6.45) is 3.02. The molecule has 1 aromatic carbocycles. The van der Waals surface area contributed by atoms with Gasteiger partial charge in [-0.3, -0.25) is 0 Å². The van der Waals surface area contributed by atoms with E-state index in [-0.39, 0.29) is 18.2 Å². The normalized spacial score (nSPS) is 21.1. The number of anilines is 1. The lowest BCUT2D eigenvalue weighted by molar-refractivity contribution is 0.0176. The van der Waals surface area contributed by atoms with Gasteiger partial charge in [0, 0.05) is 12.6 Å². The second kappa shape index (κ2) is 6.21. The van der Waals surface area contributed by atoms with Crippen LogP contribution in [0.3, 0.4) is 0 Å². The fourth-order valence-corrected chi connectivity index (χ4v) is 3.08. The van der Waals surface area contributed by atoms with E-state index in [4.69, 9.17) is 0 Å². The number of hydrogen-bond acceptors (Lipinski definition) is 5. The lowest BCUT2D eigenvalue weighted by Gasteiger charge is -2.39. The van der Waals surface area contributed by atoms with Gasteiger partial charge in [-0.2, -0.15) is 5.26 Å². The van der Waals surface area contributed by atoms with Crippen molar-refractivity contribution in [3.63, 3.8) is 0 Å². The number of hydrogen-bond donors (Lipinski definition) is 1. The molecule has 126 valence electrons. The second-order valence-corrected chi connectivity index (χ2v) is 6.48. The second-order valence-electron chi connectivity index (χ2n) is 6.48. The number of halogens is 1. The average Bonchev–Trinajstić information content (AvgIpc) is 3.06. The Labute approximate surface area is 140 Å². The molecule has 24 heavy (non-hydrogen) atoms. The predicted molar refractivity (Wildman–Crippen MR) is 86.9 cm³/mol. The summed E-state index contributed by atoms with van der Waals surface area (Å²) < 4.78 is 15.6. The molecule has 1 aliphatic rings. The van der Waals surface area contributed by atoms with Crippen LogP contribution in [-0.4, -0.2) is 33.2 Å². The van der Waals surface area contributed by atoms with Gasteiger partial charge in [-0.1, -0.05) is 11.3 Å². The zero-order valence-electron chi connectivity index (χ0n) is 13.8. The van der Waals surface area contributed by atoms with Crippen molar-refractivity contribution in [3.05, 3.63) is 41.5 Å². The molecule has 2 aromatic rings. The molecule has 0 aliphatic carbocycles. The molecular weight excluding hydrogens is 309 g/mol. The Morgan fingerprint density at radius 3 is 2.88 bits per heavy atom. The van der Waals surface area contributed by atoms with Gasteiger partial charge in [0.2, 0.25) is 0 Å². The molecule has 0 radical (unpaired) electrons. The molecule has 0 saturated carbocycles. The molecule has 0 spiro atoms. The smallest absolute Gasteiger partial charge is 0.143 e. The van der Waals surface area contributed by atoms with Crippen LogP contribution in [0.25, 0.3) is 0 Å². The molecule has 1 unspecified atom stereocenters. The highest BCUT2D eigenvalue weighted by Crippen LogP contribution is 2.34. The fraction of sp³-hybridized carbons (Fsp3) is 0.471. The lowest BCUT2D eigenvalue weighted by atomic mass is 9.89. The first kappa shape index (κ1) is 16.4. The third-order valence-electron chi connectivity index (χ3n) is 4.43. The highest BCUT2D eigenvalue weighted by Gasteiger charge is 2.38. The Kier molecular flexibility index (Phi) is 4.24. The van der Waals surface area contributed by atoms with E-state index in [1.165, 1.54) is 6.07 Å². The van der Waals surface area contributed by atoms with Crippen LogP contribution in [0, 0.1) is 17.1 Å². The maximum atomic E-state index is 13.9. The topological polar surface area (TPSA) is 78.0 Å².